The molecule has 0 radical (unpaired) electrons. The van der Waals surface area contributed by atoms with Crippen molar-refractivity contribution in [2.24, 2.45) is 5.92 Å². The quantitative estimate of drug-likeness (QED) is 0.340. The lowest BCUT2D eigenvalue weighted by atomic mass is 10.0. The van der Waals surface area contributed by atoms with E-state index in [2.05, 4.69) is 25.7 Å². The first-order valence-corrected chi connectivity index (χ1v) is 10.5. The Labute approximate surface area is 185 Å². The number of aromatic nitrogens is 1. The largest absolute Gasteiger partial charge is 0.416 e. The van der Waals surface area contributed by atoms with Gasteiger partial charge in [-0.1, -0.05) is 32.0 Å². The van der Waals surface area contributed by atoms with E-state index in [-0.39, 0.29) is 6.04 Å². The smallest absolute Gasteiger partial charge is 0.346 e. The Kier molecular flexibility index (Phi) is 7.39. The topological polar surface area (TPSA) is 8.17 Å². The van der Waals surface area contributed by atoms with Crippen LogP contribution in [0.15, 0.2) is 60.8 Å². The van der Waals surface area contributed by atoms with E-state index in [9.17, 15) is 22.0 Å². The van der Waals surface area contributed by atoms with Gasteiger partial charge in [-0.15, -0.1) is 0 Å². The lowest BCUT2D eigenvalue weighted by Crippen LogP contribution is -2.36. The van der Waals surface area contributed by atoms with Crippen molar-refractivity contribution in [3.63, 3.8) is 0 Å². The summed E-state index contributed by atoms with van der Waals surface area (Å²) in [5, 5.41) is 0. The monoisotopic (exact) mass is 450 g/mol. The van der Waals surface area contributed by atoms with Gasteiger partial charge in [-0.2, -0.15) is 13.2 Å². The highest BCUT2D eigenvalue weighted by Crippen LogP contribution is 2.29. The van der Waals surface area contributed by atoms with Crippen molar-refractivity contribution in [3.05, 3.63) is 94.8 Å². The Hall–Kier alpha value is -2.67. The van der Waals surface area contributed by atoms with Gasteiger partial charge in [-0.25, -0.2) is 8.78 Å². The molecule has 0 fully saturated rings. The number of rotatable bonds is 8. The zero-order valence-corrected chi connectivity index (χ0v) is 18.3. The molecule has 172 valence electrons. The molecule has 7 heteroatoms. The van der Waals surface area contributed by atoms with Crippen LogP contribution in [0, 0.1) is 17.6 Å². The minimum absolute atomic E-state index is 0.164. The van der Waals surface area contributed by atoms with E-state index in [1.54, 1.807) is 6.07 Å². The zero-order valence-electron chi connectivity index (χ0n) is 18.3. The summed E-state index contributed by atoms with van der Waals surface area (Å²) in [5.74, 6) is -1.41. The number of halogens is 5. The van der Waals surface area contributed by atoms with Gasteiger partial charge in [0.25, 0.3) is 0 Å². The van der Waals surface area contributed by atoms with Gasteiger partial charge in [0.2, 0.25) is 0 Å². The highest BCUT2D eigenvalue weighted by atomic mass is 19.4. The SMILES string of the molecule is CC(C)[C@@H](C)N(Cc1ccc(F)c(F)c1)Cc1cccn1Cc1ccc(C(F)(F)F)cc1. The Morgan fingerprint density at radius 2 is 1.50 bits per heavy atom. The van der Waals surface area contributed by atoms with Gasteiger partial charge in [0.1, 0.15) is 0 Å². The first-order chi connectivity index (χ1) is 15.0. The summed E-state index contributed by atoms with van der Waals surface area (Å²) in [6.45, 7) is 7.74. The van der Waals surface area contributed by atoms with Crippen molar-refractivity contribution in [3.8, 4) is 0 Å². The van der Waals surface area contributed by atoms with Gasteiger partial charge in [0.15, 0.2) is 11.6 Å². The maximum atomic E-state index is 13.7. The van der Waals surface area contributed by atoms with Gasteiger partial charge >= 0.3 is 6.18 Å². The normalized spacial score (nSPS) is 13.2. The molecule has 0 aliphatic rings. The molecule has 0 amide bonds. The predicted molar refractivity (Wildman–Crippen MR) is 115 cm³/mol. The maximum Gasteiger partial charge on any atom is 0.416 e. The molecule has 0 aliphatic heterocycles. The van der Waals surface area contributed by atoms with Crippen LogP contribution in [0.25, 0.3) is 0 Å². The van der Waals surface area contributed by atoms with Gasteiger partial charge in [0, 0.05) is 37.6 Å². The number of hydrogen-bond acceptors (Lipinski definition) is 1. The Bertz CT molecular complexity index is 1020. The molecule has 32 heavy (non-hydrogen) atoms. The van der Waals surface area contributed by atoms with Crippen LogP contribution >= 0.6 is 0 Å². The van der Waals surface area contributed by atoms with Crippen LogP contribution in [0.5, 0.6) is 0 Å². The Morgan fingerprint density at radius 3 is 2.09 bits per heavy atom. The van der Waals surface area contributed by atoms with Crippen molar-refractivity contribution in [1.29, 1.82) is 0 Å². The maximum absolute atomic E-state index is 13.7. The minimum Gasteiger partial charge on any atom is -0.346 e. The molecule has 3 rings (SSSR count). The third-order valence-electron chi connectivity index (χ3n) is 5.83. The van der Waals surface area contributed by atoms with Gasteiger partial charge in [-0.3, -0.25) is 4.90 Å². The van der Waals surface area contributed by atoms with E-state index in [1.165, 1.54) is 18.2 Å². The zero-order chi connectivity index (χ0) is 23.5. The van der Waals surface area contributed by atoms with Crippen molar-refractivity contribution >= 4 is 0 Å². The van der Waals surface area contributed by atoms with Crippen LogP contribution in [-0.2, 0) is 25.8 Å². The average Bonchev–Trinajstić information content (AvgIpc) is 3.16. The molecule has 0 spiro atoms. The van der Waals surface area contributed by atoms with Crippen LogP contribution < -0.4 is 0 Å². The molecule has 0 N–H and O–H groups in total. The fourth-order valence-corrected chi connectivity index (χ4v) is 3.59. The van der Waals surface area contributed by atoms with Crippen molar-refractivity contribution in [1.82, 2.24) is 9.47 Å². The summed E-state index contributed by atoms with van der Waals surface area (Å²) in [5.41, 5.74) is 1.76. The van der Waals surface area contributed by atoms with E-state index in [0.29, 0.717) is 31.1 Å². The van der Waals surface area contributed by atoms with Crippen molar-refractivity contribution in [2.75, 3.05) is 0 Å². The second-order valence-electron chi connectivity index (χ2n) is 8.46. The van der Waals surface area contributed by atoms with Gasteiger partial charge in [-0.05, 0) is 60.4 Å². The van der Waals surface area contributed by atoms with E-state index in [1.807, 2.05) is 22.9 Å². The van der Waals surface area contributed by atoms with Crippen molar-refractivity contribution < 1.29 is 22.0 Å². The van der Waals surface area contributed by atoms with Crippen LogP contribution in [0.1, 0.15) is 43.2 Å². The average molecular weight is 450 g/mol. The summed E-state index contributed by atoms with van der Waals surface area (Å²) in [7, 11) is 0. The Balaban J connectivity index is 1.78. The van der Waals surface area contributed by atoms with Gasteiger partial charge < -0.3 is 4.57 Å². The van der Waals surface area contributed by atoms with Gasteiger partial charge in [0.05, 0.1) is 5.56 Å². The lowest BCUT2D eigenvalue weighted by molar-refractivity contribution is -0.137. The fraction of sp³-hybridized carbons (Fsp3) is 0.360. The van der Waals surface area contributed by atoms with Crippen LogP contribution in [-0.4, -0.2) is 15.5 Å². The van der Waals surface area contributed by atoms with E-state index in [4.69, 9.17) is 0 Å². The first-order valence-electron chi connectivity index (χ1n) is 10.5. The molecule has 0 unspecified atom stereocenters. The highest BCUT2D eigenvalue weighted by Gasteiger charge is 2.30. The molecule has 0 saturated carbocycles. The molecule has 2 aromatic carbocycles. The second kappa shape index (κ2) is 9.86. The molecule has 0 bridgehead atoms. The predicted octanol–water partition coefficient (Wildman–Crippen LogP) is 6.88. The van der Waals surface area contributed by atoms with Crippen LogP contribution in [0.3, 0.4) is 0 Å². The minimum atomic E-state index is -4.36. The molecular formula is C25H27F5N2. The third kappa shape index (κ3) is 5.97. The molecule has 3 aromatic rings. The summed E-state index contributed by atoms with van der Waals surface area (Å²) in [6, 6.07) is 13.1. The molecule has 1 atom stereocenters. The fourth-order valence-electron chi connectivity index (χ4n) is 3.59. The second-order valence-corrected chi connectivity index (χ2v) is 8.46. The standard InChI is InChI=1S/C25H27F5N2/c1-17(2)18(3)32(15-20-8-11-23(26)24(27)13-20)16-22-5-4-12-31(22)14-19-6-9-21(10-7-19)25(28,29)30/h4-13,17-18H,14-16H2,1-3H3/t18-/m1/s1. The summed E-state index contributed by atoms with van der Waals surface area (Å²) in [4.78, 5) is 2.19. The third-order valence-corrected chi connectivity index (χ3v) is 5.83. The lowest BCUT2D eigenvalue weighted by Gasteiger charge is -2.32. The highest BCUT2D eigenvalue weighted by molar-refractivity contribution is 5.25. The van der Waals surface area contributed by atoms with E-state index >= 15 is 0 Å². The number of alkyl halides is 3. The first kappa shape index (κ1) is 24.0. The van der Waals surface area contributed by atoms with E-state index in [0.717, 1.165) is 29.5 Å². The Morgan fingerprint density at radius 1 is 0.844 bits per heavy atom. The molecule has 2 nitrogen and oxygen atoms in total. The molecular weight excluding hydrogens is 423 g/mol. The van der Waals surface area contributed by atoms with Crippen LogP contribution in [0.4, 0.5) is 22.0 Å². The van der Waals surface area contributed by atoms with Crippen molar-refractivity contribution in [2.45, 2.75) is 52.6 Å². The summed E-state index contributed by atoms with van der Waals surface area (Å²) in [6.07, 6.45) is -2.47. The molecule has 1 heterocycles. The number of hydrogen-bond donors (Lipinski definition) is 0. The van der Waals surface area contributed by atoms with E-state index < -0.39 is 23.4 Å². The molecule has 0 aliphatic carbocycles. The van der Waals surface area contributed by atoms with Crippen LogP contribution in [0.2, 0.25) is 0 Å². The number of nitrogens with zero attached hydrogens (tertiary/aromatic N) is 2. The number of benzene rings is 2. The summed E-state index contributed by atoms with van der Waals surface area (Å²) < 4.78 is 67.5. The molecule has 1 aromatic heterocycles. The molecule has 0 saturated heterocycles. The summed E-state index contributed by atoms with van der Waals surface area (Å²) >= 11 is 0.